The van der Waals surface area contributed by atoms with E-state index in [1.165, 1.54) is 0 Å². The zero-order valence-electron chi connectivity index (χ0n) is 17.5. The number of guanidine groups is 2. The van der Waals surface area contributed by atoms with Crippen LogP contribution in [0.3, 0.4) is 0 Å². The van der Waals surface area contributed by atoms with E-state index in [4.69, 9.17) is 11.6 Å². The molecule has 0 fully saturated rings. The van der Waals surface area contributed by atoms with Crippen molar-refractivity contribution in [3.8, 4) is 0 Å². The summed E-state index contributed by atoms with van der Waals surface area (Å²) in [6, 6.07) is 14.1. The lowest BCUT2D eigenvalue weighted by molar-refractivity contribution is 0.920. The number of nitrogens with zero attached hydrogens (tertiary/aromatic N) is 4. The smallest absolute Gasteiger partial charge is 0.212 e. The number of fused-ring (bicyclic) bond motifs is 2. The Kier molecular flexibility index (Phi) is 8.32. The number of benzene rings is 3. The molecule has 2 aliphatic rings. The quantitative estimate of drug-likeness (QED) is 0.249. The van der Waals surface area contributed by atoms with Crippen LogP contribution in [-0.2, 0) is 0 Å². The van der Waals surface area contributed by atoms with Gasteiger partial charge in [0.25, 0.3) is 0 Å². The van der Waals surface area contributed by atoms with Gasteiger partial charge in [-0.15, -0.1) is 24.8 Å². The van der Waals surface area contributed by atoms with Crippen LogP contribution in [0.2, 0.25) is 5.02 Å². The van der Waals surface area contributed by atoms with Crippen molar-refractivity contribution >= 4 is 82.3 Å². The van der Waals surface area contributed by atoms with Gasteiger partial charge in [-0.2, -0.15) is 10.2 Å². The third kappa shape index (κ3) is 5.13. The van der Waals surface area contributed by atoms with Crippen molar-refractivity contribution in [2.75, 3.05) is 26.2 Å². The minimum atomic E-state index is 0. The highest BCUT2D eigenvalue weighted by molar-refractivity contribution is 6.38. The van der Waals surface area contributed by atoms with Gasteiger partial charge in [-0.3, -0.25) is 0 Å². The number of hydrogen-bond donors (Lipinski definition) is 4. The number of hydrogen-bond acceptors (Lipinski definition) is 8. The van der Waals surface area contributed by atoms with E-state index in [1.807, 2.05) is 36.5 Å². The van der Waals surface area contributed by atoms with Crippen LogP contribution < -0.4 is 21.5 Å². The predicted octanol–water partition coefficient (Wildman–Crippen LogP) is 3.26. The highest BCUT2D eigenvalue weighted by Gasteiger charge is 2.14. The van der Waals surface area contributed by atoms with Crippen LogP contribution in [0, 0.1) is 0 Å². The third-order valence-corrected chi connectivity index (χ3v) is 5.47. The van der Waals surface area contributed by atoms with Crippen molar-refractivity contribution in [3.05, 3.63) is 58.6 Å². The Labute approximate surface area is 208 Å². The van der Waals surface area contributed by atoms with Crippen molar-refractivity contribution in [2.24, 2.45) is 20.2 Å². The molecule has 0 saturated heterocycles. The lowest BCUT2D eigenvalue weighted by Crippen LogP contribution is -2.30. The fourth-order valence-corrected chi connectivity index (χ4v) is 4.07. The molecule has 3 aromatic rings. The van der Waals surface area contributed by atoms with Crippen LogP contribution in [0.4, 0.5) is 0 Å². The molecule has 0 aliphatic carbocycles. The number of nitrogens with one attached hydrogen (secondary N) is 4. The van der Waals surface area contributed by atoms with Gasteiger partial charge in [0.15, 0.2) is 0 Å². The van der Waals surface area contributed by atoms with Gasteiger partial charge < -0.3 is 10.6 Å². The van der Waals surface area contributed by atoms with Crippen molar-refractivity contribution in [1.29, 1.82) is 0 Å². The average Bonchev–Trinajstić information content (AvgIpc) is 3.49. The summed E-state index contributed by atoms with van der Waals surface area (Å²) in [4.78, 5) is 8.61. The van der Waals surface area contributed by atoms with E-state index in [-0.39, 0.29) is 24.8 Å². The molecule has 0 spiro atoms. The van der Waals surface area contributed by atoms with E-state index in [0.717, 1.165) is 58.9 Å². The molecular weight excluding hydrogens is 483 g/mol. The van der Waals surface area contributed by atoms with E-state index in [2.05, 4.69) is 53.8 Å². The lowest BCUT2D eigenvalue weighted by Gasteiger charge is -2.13. The van der Waals surface area contributed by atoms with Crippen LogP contribution >= 0.6 is 36.4 Å². The Balaban J connectivity index is 0.00000153. The second kappa shape index (κ2) is 11.2. The molecule has 8 nitrogen and oxygen atoms in total. The van der Waals surface area contributed by atoms with Crippen molar-refractivity contribution in [2.45, 2.75) is 0 Å². The number of hydrazone groups is 2. The van der Waals surface area contributed by atoms with Gasteiger partial charge in [-0.25, -0.2) is 20.8 Å². The Morgan fingerprint density at radius 3 is 1.88 bits per heavy atom. The highest BCUT2D eigenvalue weighted by atomic mass is 35.5. The maximum Gasteiger partial charge on any atom is 0.212 e. The summed E-state index contributed by atoms with van der Waals surface area (Å²) in [7, 11) is 0. The van der Waals surface area contributed by atoms with Gasteiger partial charge in [0.2, 0.25) is 11.9 Å². The van der Waals surface area contributed by atoms with Gasteiger partial charge in [0.05, 0.1) is 25.5 Å². The first-order valence-corrected chi connectivity index (χ1v) is 10.5. The summed E-state index contributed by atoms with van der Waals surface area (Å²) in [5, 5.41) is 19.8. The van der Waals surface area contributed by atoms with Crippen LogP contribution in [0.5, 0.6) is 0 Å². The average molecular weight is 506 g/mol. The van der Waals surface area contributed by atoms with Crippen molar-refractivity contribution in [1.82, 2.24) is 21.5 Å². The first kappa shape index (κ1) is 24.6. The topological polar surface area (TPSA) is 97.6 Å². The standard InChI is InChI=1S/C22H21ClN8.2ClH/c23-19-7-3-6-16-17(12-28-30-21-24-8-9-25-21)14-4-1-2-5-15(14)18(20(16)19)13-29-31-22-26-10-11-27-22;;/h1-7,12-13H,8-11H2,(H2,24,25,30)(H2,26,27,31);2*1H/b28-12+,29-13+;;. The lowest BCUT2D eigenvalue weighted by atomic mass is 9.92. The molecule has 2 aliphatic heterocycles. The molecule has 0 unspecified atom stereocenters. The summed E-state index contributed by atoms with van der Waals surface area (Å²) in [5.41, 5.74) is 7.86. The van der Waals surface area contributed by atoms with E-state index in [0.29, 0.717) is 16.9 Å². The van der Waals surface area contributed by atoms with Crippen LogP contribution in [-0.4, -0.2) is 50.5 Å². The summed E-state index contributed by atoms with van der Waals surface area (Å²) in [6.45, 7) is 3.14. The molecule has 33 heavy (non-hydrogen) atoms. The monoisotopic (exact) mass is 504 g/mol. The minimum absolute atomic E-state index is 0. The van der Waals surface area contributed by atoms with Gasteiger partial charge >= 0.3 is 0 Å². The molecule has 0 atom stereocenters. The first-order valence-electron chi connectivity index (χ1n) is 10.1. The molecule has 3 aromatic carbocycles. The largest absolute Gasteiger partial charge is 0.353 e. The second-order valence-corrected chi connectivity index (χ2v) is 7.50. The molecule has 0 bridgehead atoms. The van der Waals surface area contributed by atoms with Crippen molar-refractivity contribution < 1.29 is 0 Å². The fraction of sp³-hybridized carbons (Fsp3) is 0.182. The molecule has 11 heteroatoms. The zero-order valence-corrected chi connectivity index (χ0v) is 19.9. The predicted molar refractivity (Wildman–Crippen MR) is 143 cm³/mol. The Morgan fingerprint density at radius 2 is 1.30 bits per heavy atom. The molecule has 5 rings (SSSR count). The Bertz CT molecular complexity index is 1270. The maximum absolute atomic E-state index is 6.67. The van der Waals surface area contributed by atoms with E-state index in [9.17, 15) is 0 Å². The van der Waals surface area contributed by atoms with Crippen molar-refractivity contribution in [3.63, 3.8) is 0 Å². The van der Waals surface area contributed by atoms with Crippen LogP contribution in [0.15, 0.2) is 62.7 Å². The van der Waals surface area contributed by atoms with Gasteiger partial charge in [-0.1, -0.05) is 48.0 Å². The summed E-state index contributed by atoms with van der Waals surface area (Å²) < 4.78 is 0. The first-order chi connectivity index (χ1) is 15.3. The molecule has 172 valence electrons. The number of aliphatic imine (C=N–C) groups is 2. The number of rotatable bonds is 4. The summed E-state index contributed by atoms with van der Waals surface area (Å²) >= 11 is 6.67. The van der Waals surface area contributed by atoms with Gasteiger partial charge in [-0.05, 0) is 22.2 Å². The SMILES string of the molecule is Cl.Cl.Clc1cccc2c(/C=N/NC3=NCCN3)c3ccccc3c(/C=N/NC3=NCCN3)c12. The summed E-state index contributed by atoms with van der Waals surface area (Å²) in [6.07, 6.45) is 3.62. The normalized spacial score (nSPS) is 15.1. The highest BCUT2D eigenvalue weighted by Crippen LogP contribution is 2.35. The molecule has 0 radical (unpaired) electrons. The molecule has 4 N–H and O–H groups in total. The van der Waals surface area contributed by atoms with Gasteiger partial charge in [0, 0.05) is 34.6 Å². The molecule has 0 aromatic heterocycles. The van der Waals surface area contributed by atoms with Crippen LogP contribution in [0.25, 0.3) is 21.5 Å². The zero-order chi connectivity index (χ0) is 21.0. The maximum atomic E-state index is 6.67. The Hall–Kier alpha value is -3.07. The van der Waals surface area contributed by atoms with E-state index in [1.54, 1.807) is 6.21 Å². The van der Waals surface area contributed by atoms with Gasteiger partial charge in [0.1, 0.15) is 0 Å². The van der Waals surface area contributed by atoms with E-state index < -0.39 is 0 Å². The molecule has 2 heterocycles. The molecular formula is C22H23Cl3N8. The fourth-order valence-electron chi connectivity index (χ4n) is 3.79. The third-order valence-electron chi connectivity index (χ3n) is 5.16. The molecule has 0 amide bonds. The van der Waals surface area contributed by atoms with Crippen LogP contribution in [0.1, 0.15) is 11.1 Å². The second-order valence-electron chi connectivity index (χ2n) is 7.09. The number of halogens is 3. The molecule has 0 saturated carbocycles. The summed E-state index contributed by atoms with van der Waals surface area (Å²) in [5.74, 6) is 1.36. The minimum Gasteiger partial charge on any atom is -0.353 e. The Morgan fingerprint density at radius 1 is 0.758 bits per heavy atom. The van der Waals surface area contributed by atoms with E-state index >= 15 is 0 Å².